The Morgan fingerprint density at radius 1 is 1.26 bits per heavy atom. The molecule has 106 valence electrons. The van der Waals surface area contributed by atoms with Crippen molar-refractivity contribution in [1.29, 1.82) is 0 Å². The molecule has 2 unspecified atom stereocenters. The maximum absolute atomic E-state index is 11.4. The second kappa shape index (κ2) is 7.79. The fraction of sp³-hybridized carbons (Fsp3) is 0.533. The average molecular weight is 265 g/mol. The van der Waals surface area contributed by atoms with E-state index < -0.39 is 6.10 Å². The molecular weight excluding hydrogens is 242 g/mol. The lowest BCUT2D eigenvalue weighted by atomic mass is 10.1. The van der Waals surface area contributed by atoms with Crippen molar-refractivity contribution in [2.45, 2.75) is 39.3 Å². The fourth-order valence-electron chi connectivity index (χ4n) is 1.67. The van der Waals surface area contributed by atoms with Crippen molar-refractivity contribution in [3.8, 4) is 5.75 Å². The summed E-state index contributed by atoms with van der Waals surface area (Å²) in [6.07, 6.45) is 0.381. The van der Waals surface area contributed by atoms with Crippen molar-refractivity contribution in [2.75, 3.05) is 13.7 Å². The Balaban J connectivity index is 2.54. The highest BCUT2D eigenvalue weighted by molar-refractivity contribution is 5.74. The Labute approximate surface area is 115 Å². The molecule has 0 radical (unpaired) electrons. The van der Waals surface area contributed by atoms with Gasteiger partial charge in [0.25, 0.3) is 0 Å². The van der Waals surface area contributed by atoms with E-state index in [2.05, 4.69) is 12.2 Å². The van der Waals surface area contributed by atoms with Crippen LogP contribution in [-0.2, 0) is 16.0 Å². The SMILES string of the molecule is CCOC(=O)C(C)Oc1ccc(CC(C)NC)cc1. The highest BCUT2D eigenvalue weighted by atomic mass is 16.6. The first-order chi connectivity index (χ1) is 9.06. The Morgan fingerprint density at radius 2 is 1.89 bits per heavy atom. The van der Waals surface area contributed by atoms with Crippen LogP contribution in [-0.4, -0.2) is 31.8 Å². The van der Waals surface area contributed by atoms with Crippen molar-refractivity contribution >= 4 is 5.97 Å². The molecule has 1 aromatic carbocycles. The summed E-state index contributed by atoms with van der Waals surface area (Å²) in [7, 11) is 1.95. The van der Waals surface area contributed by atoms with Gasteiger partial charge in [-0.05, 0) is 51.9 Å². The molecule has 4 heteroatoms. The second-order valence-corrected chi connectivity index (χ2v) is 4.55. The standard InChI is InChI=1S/C15H23NO3/c1-5-18-15(17)12(3)19-14-8-6-13(7-9-14)10-11(2)16-4/h6-9,11-12,16H,5,10H2,1-4H3. The number of ether oxygens (including phenoxy) is 2. The summed E-state index contributed by atoms with van der Waals surface area (Å²) >= 11 is 0. The molecule has 1 aromatic rings. The number of esters is 1. The first-order valence-corrected chi connectivity index (χ1v) is 6.66. The number of benzene rings is 1. The van der Waals surface area contributed by atoms with Crippen molar-refractivity contribution in [3.63, 3.8) is 0 Å². The van der Waals surface area contributed by atoms with Crippen molar-refractivity contribution < 1.29 is 14.3 Å². The van der Waals surface area contributed by atoms with Crippen molar-refractivity contribution in [3.05, 3.63) is 29.8 Å². The molecule has 0 saturated heterocycles. The number of hydrogen-bond donors (Lipinski definition) is 1. The van der Waals surface area contributed by atoms with Gasteiger partial charge in [-0.2, -0.15) is 0 Å². The molecule has 0 saturated carbocycles. The predicted molar refractivity (Wildman–Crippen MR) is 75.4 cm³/mol. The third-order valence-corrected chi connectivity index (χ3v) is 2.89. The minimum Gasteiger partial charge on any atom is -0.479 e. The van der Waals surface area contributed by atoms with Gasteiger partial charge in [0.1, 0.15) is 5.75 Å². The van der Waals surface area contributed by atoms with Crippen LogP contribution in [0.5, 0.6) is 5.75 Å². The molecule has 0 fully saturated rings. The molecule has 0 spiro atoms. The van der Waals surface area contributed by atoms with Crippen LogP contribution in [0.3, 0.4) is 0 Å². The van der Waals surface area contributed by atoms with E-state index in [4.69, 9.17) is 9.47 Å². The summed E-state index contributed by atoms with van der Waals surface area (Å²) in [6, 6.07) is 8.23. The fourth-order valence-corrected chi connectivity index (χ4v) is 1.67. The highest BCUT2D eigenvalue weighted by Gasteiger charge is 2.15. The zero-order valence-corrected chi connectivity index (χ0v) is 12.1. The van der Waals surface area contributed by atoms with Crippen LogP contribution in [0, 0.1) is 0 Å². The topological polar surface area (TPSA) is 47.6 Å². The van der Waals surface area contributed by atoms with Crippen molar-refractivity contribution in [2.24, 2.45) is 0 Å². The van der Waals surface area contributed by atoms with Crippen LogP contribution in [0.25, 0.3) is 0 Å². The first kappa shape index (κ1) is 15.5. The van der Waals surface area contributed by atoms with Crippen LogP contribution in [0.4, 0.5) is 0 Å². The smallest absolute Gasteiger partial charge is 0.347 e. The van der Waals surface area contributed by atoms with Crippen LogP contribution in [0.2, 0.25) is 0 Å². The van der Waals surface area contributed by atoms with Gasteiger partial charge in [0, 0.05) is 6.04 Å². The molecule has 0 aromatic heterocycles. The zero-order chi connectivity index (χ0) is 14.3. The monoisotopic (exact) mass is 265 g/mol. The van der Waals surface area contributed by atoms with Gasteiger partial charge in [-0.1, -0.05) is 12.1 Å². The molecule has 0 aliphatic rings. The van der Waals surface area contributed by atoms with Gasteiger partial charge in [-0.3, -0.25) is 0 Å². The Hall–Kier alpha value is -1.55. The quantitative estimate of drug-likeness (QED) is 0.768. The van der Waals surface area contributed by atoms with Gasteiger partial charge in [0.15, 0.2) is 6.10 Å². The number of hydrogen-bond acceptors (Lipinski definition) is 4. The summed E-state index contributed by atoms with van der Waals surface area (Å²) in [5, 5.41) is 3.20. The van der Waals surface area contributed by atoms with Crippen molar-refractivity contribution in [1.82, 2.24) is 5.32 Å². The summed E-state index contributed by atoms with van der Waals surface area (Å²) < 4.78 is 10.4. The van der Waals surface area contributed by atoms with Gasteiger partial charge in [0.2, 0.25) is 0 Å². The van der Waals surface area contributed by atoms with E-state index in [0.29, 0.717) is 18.4 Å². The normalized spacial score (nSPS) is 13.7. The molecule has 19 heavy (non-hydrogen) atoms. The summed E-state index contributed by atoms with van der Waals surface area (Å²) in [5.74, 6) is 0.344. The lowest BCUT2D eigenvalue weighted by Crippen LogP contribution is -2.26. The molecule has 0 aliphatic carbocycles. The minimum atomic E-state index is -0.581. The molecule has 1 N–H and O–H groups in total. The van der Waals surface area contributed by atoms with E-state index in [-0.39, 0.29) is 5.97 Å². The lowest BCUT2D eigenvalue weighted by Gasteiger charge is -2.14. The predicted octanol–water partition coefficient (Wildman–Crippen LogP) is 2.17. The Morgan fingerprint density at radius 3 is 2.42 bits per heavy atom. The zero-order valence-electron chi connectivity index (χ0n) is 12.1. The Kier molecular flexibility index (Phi) is 6.36. The van der Waals surface area contributed by atoms with E-state index in [1.165, 1.54) is 5.56 Å². The summed E-state index contributed by atoms with van der Waals surface area (Å²) in [5.41, 5.74) is 1.23. The number of nitrogens with one attached hydrogen (secondary N) is 1. The third-order valence-electron chi connectivity index (χ3n) is 2.89. The molecule has 4 nitrogen and oxygen atoms in total. The van der Waals surface area contributed by atoms with Crippen LogP contribution in [0.15, 0.2) is 24.3 Å². The van der Waals surface area contributed by atoms with E-state index in [9.17, 15) is 4.79 Å². The van der Waals surface area contributed by atoms with E-state index in [0.717, 1.165) is 6.42 Å². The maximum Gasteiger partial charge on any atom is 0.347 e. The molecule has 0 amide bonds. The van der Waals surface area contributed by atoms with Gasteiger partial charge in [0.05, 0.1) is 6.61 Å². The Bertz CT molecular complexity index is 389. The van der Waals surface area contributed by atoms with E-state index in [1.54, 1.807) is 13.8 Å². The third kappa shape index (κ3) is 5.30. The molecule has 2 atom stereocenters. The summed E-state index contributed by atoms with van der Waals surface area (Å²) in [6.45, 7) is 5.97. The van der Waals surface area contributed by atoms with Gasteiger partial charge >= 0.3 is 5.97 Å². The van der Waals surface area contributed by atoms with E-state index >= 15 is 0 Å². The second-order valence-electron chi connectivity index (χ2n) is 4.55. The highest BCUT2D eigenvalue weighted by Crippen LogP contribution is 2.15. The lowest BCUT2D eigenvalue weighted by molar-refractivity contribution is -0.150. The molecular formula is C15H23NO3. The van der Waals surface area contributed by atoms with Gasteiger partial charge < -0.3 is 14.8 Å². The number of rotatable bonds is 7. The molecule has 0 aliphatic heterocycles. The van der Waals surface area contributed by atoms with Crippen LogP contribution < -0.4 is 10.1 Å². The maximum atomic E-state index is 11.4. The summed E-state index contributed by atoms with van der Waals surface area (Å²) in [4.78, 5) is 11.4. The number of carbonyl (C=O) groups is 1. The van der Waals surface area contributed by atoms with Gasteiger partial charge in [-0.15, -0.1) is 0 Å². The molecule has 1 rings (SSSR count). The molecule has 0 bridgehead atoms. The number of likely N-dealkylation sites (N-methyl/N-ethyl adjacent to an activating group) is 1. The minimum absolute atomic E-state index is 0.338. The van der Waals surface area contributed by atoms with E-state index in [1.807, 2.05) is 31.3 Å². The van der Waals surface area contributed by atoms with Crippen LogP contribution in [0.1, 0.15) is 26.3 Å². The largest absolute Gasteiger partial charge is 0.479 e. The molecule has 0 heterocycles. The van der Waals surface area contributed by atoms with Gasteiger partial charge in [-0.25, -0.2) is 4.79 Å². The first-order valence-electron chi connectivity index (χ1n) is 6.66. The van der Waals surface area contributed by atoms with Crippen LogP contribution >= 0.6 is 0 Å². The average Bonchev–Trinajstić information content (AvgIpc) is 2.41. The number of carbonyl (C=O) groups excluding carboxylic acids is 1.